The van der Waals surface area contributed by atoms with Crippen molar-refractivity contribution in [2.45, 2.75) is 25.4 Å². The van der Waals surface area contributed by atoms with E-state index in [0.29, 0.717) is 6.54 Å². The summed E-state index contributed by atoms with van der Waals surface area (Å²) in [5, 5.41) is 3.43. The quantitative estimate of drug-likeness (QED) is 0.802. The van der Waals surface area contributed by atoms with Crippen molar-refractivity contribution in [3.63, 3.8) is 0 Å². The molecule has 0 amide bonds. The fourth-order valence-corrected chi connectivity index (χ4v) is 3.39. The SMILES string of the molecule is CN(Cc1c(F)cccc1Cl)S(=O)(=O)NCC1CCCN1.Cl. The molecule has 2 rings (SSSR count). The average molecular weight is 372 g/mol. The number of rotatable bonds is 6. The summed E-state index contributed by atoms with van der Waals surface area (Å²) in [7, 11) is -2.27. The number of hydrogen-bond donors (Lipinski definition) is 2. The highest BCUT2D eigenvalue weighted by Gasteiger charge is 2.22. The zero-order valence-electron chi connectivity index (χ0n) is 12.2. The molecule has 1 atom stereocenters. The van der Waals surface area contributed by atoms with Gasteiger partial charge in [0.05, 0.1) is 0 Å². The first-order valence-electron chi connectivity index (χ1n) is 6.77. The first-order valence-corrected chi connectivity index (χ1v) is 8.59. The molecule has 5 nitrogen and oxygen atoms in total. The zero-order valence-corrected chi connectivity index (χ0v) is 14.6. The number of nitrogens with one attached hydrogen (secondary N) is 2. The van der Waals surface area contributed by atoms with Crippen LogP contribution in [0.1, 0.15) is 18.4 Å². The lowest BCUT2D eigenvalue weighted by atomic mass is 10.2. The second kappa shape index (κ2) is 8.42. The molecule has 0 radical (unpaired) electrons. The van der Waals surface area contributed by atoms with Crippen LogP contribution in [0, 0.1) is 5.82 Å². The first-order chi connectivity index (χ1) is 9.90. The first kappa shape index (κ1) is 19.6. The third kappa shape index (κ3) is 5.04. The Morgan fingerprint density at radius 1 is 1.50 bits per heavy atom. The Morgan fingerprint density at radius 3 is 2.82 bits per heavy atom. The van der Waals surface area contributed by atoms with Gasteiger partial charge in [-0.3, -0.25) is 0 Å². The van der Waals surface area contributed by atoms with Gasteiger partial charge in [0.15, 0.2) is 0 Å². The van der Waals surface area contributed by atoms with Gasteiger partial charge in [0.1, 0.15) is 5.82 Å². The predicted molar refractivity (Wildman–Crippen MR) is 88.1 cm³/mol. The monoisotopic (exact) mass is 371 g/mol. The van der Waals surface area contributed by atoms with E-state index in [1.54, 1.807) is 0 Å². The van der Waals surface area contributed by atoms with Crippen LogP contribution in [-0.2, 0) is 16.8 Å². The maximum atomic E-state index is 13.7. The summed E-state index contributed by atoms with van der Waals surface area (Å²) in [4.78, 5) is 0. The summed E-state index contributed by atoms with van der Waals surface area (Å²) in [6.07, 6.45) is 2.00. The molecule has 9 heteroatoms. The van der Waals surface area contributed by atoms with E-state index in [0.717, 1.165) is 23.7 Å². The van der Waals surface area contributed by atoms with E-state index < -0.39 is 16.0 Å². The average Bonchev–Trinajstić information content (AvgIpc) is 2.94. The number of hydrogen-bond acceptors (Lipinski definition) is 3. The molecule has 2 N–H and O–H groups in total. The smallest absolute Gasteiger partial charge is 0.279 e. The Morgan fingerprint density at radius 2 is 2.23 bits per heavy atom. The number of benzene rings is 1. The number of halogens is 3. The van der Waals surface area contributed by atoms with E-state index in [-0.39, 0.29) is 35.6 Å². The molecule has 22 heavy (non-hydrogen) atoms. The second-order valence-corrected chi connectivity index (χ2v) is 7.37. The predicted octanol–water partition coefficient (Wildman–Crippen LogP) is 1.92. The van der Waals surface area contributed by atoms with Crippen molar-refractivity contribution in [3.05, 3.63) is 34.6 Å². The van der Waals surface area contributed by atoms with E-state index in [2.05, 4.69) is 10.0 Å². The highest BCUT2D eigenvalue weighted by molar-refractivity contribution is 7.87. The fraction of sp³-hybridized carbons (Fsp3) is 0.538. The molecule has 1 unspecified atom stereocenters. The molecular formula is C13H20Cl2FN3O2S. The van der Waals surface area contributed by atoms with E-state index in [4.69, 9.17) is 11.6 Å². The maximum Gasteiger partial charge on any atom is 0.279 e. The van der Waals surface area contributed by atoms with Gasteiger partial charge in [-0.15, -0.1) is 12.4 Å². The van der Waals surface area contributed by atoms with Crippen LogP contribution < -0.4 is 10.0 Å². The van der Waals surface area contributed by atoms with Gasteiger partial charge in [0.2, 0.25) is 0 Å². The molecule has 1 aliphatic heterocycles. The Balaban J connectivity index is 0.00000242. The van der Waals surface area contributed by atoms with E-state index in [9.17, 15) is 12.8 Å². The minimum absolute atomic E-state index is 0. The Labute approximate surface area is 141 Å². The lowest BCUT2D eigenvalue weighted by Gasteiger charge is -2.20. The van der Waals surface area contributed by atoms with Crippen LogP contribution in [-0.4, -0.2) is 38.9 Å². The van der Waals surface area contributed by atoms with Crippen LogP contribution in [0.5, 0.6) is 0 Å². The van der Waals surface area contributed by atoms with Crippen molar-refractivity contribution in [3.8, 4) is 0 Å². The molecular weight excluding hydrogens is 352 g/mol. The van der Waals surface area contributed by atoms with E-state index >= 15 is 0 Å². The standard InChI is InChI=1S/C13H19ClFN3O2S.ClH/c1-18(9-11-12(14)5-2-6-13(11)15)21(19,20)17-8-10-4-3-7-16-10;/h2,5-6,10,16-17H,3-4,7-9H2,1H3;1H. The third-order valence-corrected chi connectivity index (χ3v) is 5.36. The van der Waals surface area contributed by atoms with Crippen molar-refractivity contribution in [2.75, 3.05) is 20.1 Å². The fourth-order valence-electron chi connectivity index (χ4n) is 2.24. The summed E-state index contributed by atoms with van der Waals surface area (Å²) in [6, 6.07) is 4.44. The second-order valence-electron chi connectivity index (χ2n) is 5.10. The van der Waals surface area contributed by atoms with Gasteiger partial charge < -0.3 is 5.32 Å². The molecule has 1 heterocycles. The molecule has 0 aromatic heterocycles. The summed E-state index contributed by atoms with van der Waals surface area (Å²) < 4.78 is 41.6. The molecule has 0 saturated carbocycles. The van der Waals surface area contributed by atoms with Gasteiger partial charge in [-0.05, 0) is 31.5 Å². The van der Waals surface area contributed by atoms with Gasteiger partial charge in [0, 0.05) is 36.8 Å². The summed E-state index contributed by atoms with van der Waals surface area (Å²) in [6.45, 7) is 1.13. The Kier molecular flexibility index (Phi) is 7.51. The minimum atomic E-state index is -3.66. The van der Waals surface area contributed by atoms with Crippen molar-refractivity contribution < 1.29 is 12.8 Å². The summed E-state index contributed by atoms with van der Waals surface area (Å²) in [5.74, 6) is -0.512. The largest absolute Gasteiger partial charge is 0.313 e. The lowest BCUT2D eigenvalue weighted by Crippen LogP contribution is -2.43. The normalized spacial score (nSPS) is 18.5. The van der Waals surface area contributed by atoms with Gasteiger partial charge in [-0.2, -0.15) is 12.7 Å². The van der Waals surface area contributed by atoms with Crippen LogP contribution in [0.15, 0.2) is 18.2 Å². The molecule has 1 aliphatic rings. The molecule has 1 fully saturated rings. The molecule has 1 aromatic carbocycles. The van der Waals surface area contributed by atoms with Crippen LogP contribution in [0.2, 0.25) is 5.02 Å². The van der Waals surface area contributed by atoms with Crippen molar-refractivity contribution in [1.29, 1.82) is 0 Å². The Bertz CT molecular complexity index is 575. The number of nitrogens with zero attached hydrogens (tertiary/aromatic N) is 1. The highest BCUT2D eigenvalue weighted by atomic mass is 35.5. The van der Waals surface area contributed by atoms with Crippen LogP contribution in [0.25, 0.3) is 0 Å². The van der Waals surface area contributed by atoms with Gasteiger partial charge in [-0.25, -0.2) is 9.11 Å². The topological polar surface area (TPSA) is 61.4 Å². The highest BCUT2D eigenvalue weighted by Crippen LogP contribution is 2.21. The summed E-state index contributed by atoms with van der Waals surface area (Å²) in [5.41, 5.74) is 0.172. The Hall–Kier alpha value is -0.440. The molecule has 1 saturated heterocycles. The minimum Gasteiger partial charge on any atom is -0.313 e. The maximum absolute atomic E-state index is 13.7. The van der Waals surface area contributed by atoms with Crippen molar-refractivity contribution >= 4 is 34.2 Å². The molecule has 0 aliphatic carbocycles. The third-order valence-electron chi connectivity index (χ3n) is 3.53. The zero-order chi connectivity index (χ0) is 15.5. The van der Waals surface area contributed by atoms with Crippen LogP contribution >= 0.6 is 24.0 Å². The van der Waals surface area contributed by atoms with E-state index in [1.165, 1.54) is 25.2 Å². The van der Waals surface area contributed by atoms with Crippen LogP contribution in [0.4, 0.5) is 4.39 Å². The molecule has 1 aromatic rings. The summed E-state index contributed by atoms with van der Waals surface area (Å²) >= 11 is 5.91. The molecule has 0 spiro atoms. The van der Waals surface area contributed by atoms with Gasteiger partial charge in [-0.1, -0.05) is 17.7 Å². The van der Waals surface area contributed by atoms with Crippen molar-refractivity contribution in [1.82, 2.24) is 14.3 Å². The van der Waals surface area contributed by atoms with Crippen LogP contribution in [0.3, 0.4) is 0 Å². The molecule has 126 valence electrons. The van der Waals surface area contributed by atoms with Gasteiger partial charge in [0.25, 0.3) is 10.2 Å². The van der Waals surface area contributed by atoms with Crippen molar-refractivity contribution in [2.24, 2.45) is 0 Å². The molecule has 0 bridgehead atoms. The van der Waals surface area contributed by atoms with Gasteiger partial charge >= 0.3 is 0 Å². The lowest BCUT2D eigenvalue weighted by molar-refractivity contribution is 0.441. The van der Waals surface area contributed by atoms with E-state index in [1.807, 2.05) is 0 Å².